The van der Waals surface area contributed by atoms with Crippen molar-refractivity contribution in [3.05, 3.63) is 35.4 Å². The molecule has 3 heteroatoms. The maximum atomic E-state index is 8.75. The maximum absolute atomic E-state index is 8.75. The number of ether oxygens (including phenoxy) is 1. The number of hydrogen-bond donors (Lipinski definition) is 1. The molecule has 0 radical (unpaired) electrons. The third-order valence-corrected chi connectivity index (χ3v) is 2.64. The molecule has 0 spiro atoms. The molecular weight excluding hydrogens is 188 g/mol. The fraction of sp³-hybridized carbons (Fsp3) is 0.417. The molecule has 0 amide bonds. The normalized spacial score (nSPS) is 17.9. The Kier molecular flexibility index (Phi) is 2.72. The van der Waals surface area contributed by atoms with Crippen molar-refractivity contribution in [2.75, 3.05) is 13.1 Å². The predicted molar refractivity (Wildman–Crippen MR) is 57.2 cm³/mol. The van der Waals surface area contributed by atoms with Gasteiger partial charge in [0.25, 0.3) is 0 Å². The van der Waals surface area contributed by atoms with E-state index in [4.69, 9.17) is 10.00 Å². The lowest BCUT2D eigenvalue weighted by molar-refractivity contribution is -0.0767. The van der Waals surface area contributed by atoms with Crippen LogP contribution in [0.3, 0.4) is 0 Å². The molecule has 2 rings (SSSR count). The number of hydrogen-bond acceptors (Lipinski definition) is 3. The largest absolute Gasteiger partial charge is 0.368 e. The highest BCUT2D eigenvalue weighted by molar-refractivity contribution is 5.32. The van der Waals surface area contributed by atoms with Gasteiger partial charge in [-0.1, -0.05) is 12.1 Å². The van der Waals surface area contributed by atoms with E-state index in [0.29, 0.717) is 12.2 Å². The van der Waals surface area contributed by atoms with Crippen molar-refractivity contribution in [1.82, 2.24) is 5.32 Å². The lowest BCUT2D eigenvalue weighted by atomic mass is 10.00. The molecule has 1 fully saturated rings. The Morgan fingerprint density at radius 2 is 2.33 bits per heavy atom. The van der Waals surface area contributed by atoms with Crippen molar-refractivity contribution in [3.8, 4) is 6.07 Å². The summed E-state index contributed by atoms with van der Waals surface area (Å²) in [5, 5.41) is 11.9. The molecule has 1 aliphatic heterocycles. The molecular formula is C12H14N2O. The number of nitrogens with zero attached hydrogens (tertiary/aromatic N) is 1. The molecule has 3 nitrogen and oxygen atoms in total. The minimum absolute atomic E-state index is 0.0252. The van der Waals surface area contributed by atoms with E-state index in [1.54, 1.807) is 6.07 Å². The molecule has 0 saturated carbocycles. The van der Waals surface area contributed by atoms with Crippen LogP contribution in [0.4, 0.5) is 0 Å². The molecule has 0 atom stereocenters. The van der Waals surface area contributed by atoms with Crippen LogP contribution >= 0.6 is 0 Å². The van der Waals surface area contributed by atoms with Gasteiger partial charge in [0.1, 0.15) is 0 Å². The quantitative estimate of drug-likeness (QED) is 0.806. The van der Waals surface area contributed by atoms with Crippen LogP contribution in [-0.2, 0) is 11.3 Å². The Morgan fingerprint density at radius 3 is 2.93 bits per heavy atom. The van der Waals surface area contributed by atoms with Crippen molar-refractivity contribution < 1.29 is 4.74 Å². The van der Waals surface area contributed by atoms with E-state index >= 15 is 0 Å². The van der Waals surface area contributed by atoms with E-state index in [0.717, 1.165) is 18.7 Å². The van der Waals surface area contributed by atoms with Gasteiger partial charge in [-0.25, -0.2) is 0 Å². The van der Waals surface area contributed by atoms with Crippen LogP contribution < -0.4 is 5.32 Å². The lowest BCUT2D eigenvalue weighted by Gasteiger charge is -2.39. The highest BCUT2D eigenvalue weighted by Gasteiger charge is 2.32. The molecule has 1 aliphatic rings. The second-order valence-electron chi connectivity index (χ2n) is 4.15. The number of benzene rings is 1. The predicted octanol–water partition coefficient (Wildman–Crippen LogP) is 1.44. The van der Waals surface area contributed by atoms with Gasteiger partial charge in [0.05, 0.1) is 23.8 Å². The summed E-state index contributed by atoms with van der Waals surface area (Å²) < 4.78 is 5.78. The van der Waals surface area contributed by atoms with Crippen molar-refractivity contribution in [3.63, 3.8) is 0 Å². The zero-order valence-corrected chi connectivity index (χ0v) is 8.79. The molecule has 0 aromatic heterocycles. The van der Waals surface area contributed by atoms with E-state index in [1.807, 2.05) is 18.2 Å². The summed E-state index contributed by atoms with van der Waals surface area (Å²) in [4.78, 5) is 0. The number of nitriles is 1. The molecule has 1 saturated heterocycles. The van der Waals surface area contributed by atoms with Crippen LogP contribution in [0.5, 0.6) is 0 Å². The zero-order chi connectivity index (χ0) is 10.7. The number of rotatable bonds is 3. The Balaban J connectivity index is 1.96. The fourth-order valence-electron chi connectivity index (χ4n) is 1.57. The average molecular weight is 202 g/mol. The topological polar surface area (TPSA) is 45.0 Å². The van der Waals surface area contributed by atoms with Crippen molar-refractivity contribution in [2.24, 2.45) is 0 Å². The Morgan fingerprint density at radius 1 is 1.53 bits per heavy atom. The fourth-order valence-corrected chi connectivity index (χ4v) is 1.57. The molecule has 0 bridgehead atoms. The molecule has 0 unspecified atom stereocenters. The van der Waals surface area contributed by atoms with Gasteiger partial charge in [-0.2, -0.15) is 5.26 Å². The molecule has 1 N–H and O–H groups in total. The Labute approximate surface area is 89.7 Å². The summed E-state index contributed by atoms with van der Waals surface area (Å²) in [6.07, 6.45) is 0. The van der Waals surface area contributed by atoms with Crippen LogP contribution in [0.2, 0.25) is 0 Å². The third-order valence-electron chi connectivity index (χ3n) is 2.64. The summed E-state index contributed by atoms with van der Waals surface area (Å²) in [5.74, 6) is 0. The highest BCUT2D eigenvalue weighted by Crippen LogP contribution is 2.18. The molecule has 78 valence electrons. The van der Waals surface area contributed by atoms with Crippen LogP contribution in [-0.4, -0.2) is 18.7 Å². The van der Waals surface area contributed by atoms with Crippen molar-refractivity contribution in [2.45, 2.75) is 19.1 Å². The lowest BCUT2D eigenvalue weighted by Crippen LogP contribution is -2.58. The summed E-state index contributed by atoms with van der Waals surface area (Å²) in [6, 6.07) is 9.67. The van der Waals surface area contributed by atoms with Gasteiger partial charge in [-0.3, -0.25) is 0 Å². The van der Waals surface area contributed by atoms with Crippen LogP contribution in [0.1, 0.15) is 18.1 Å². The monoisotopic (exact) mass is 202 g/mol. The van der Waals surface area contributed by atoms with Crippen molar-refractivity contribution >= 4 is 0 Å². The Hall–Kier alpha value is -1.37. The van der Waals surface area contributed by atoms with Crippen molar-refractivity contribution in [1.29, 1.82) is 5.26 Å². The standard InChI is InChI=1S/C12H14N2O/c1-12(8-14-9-12)15-7-11-4-2-3-10(5-11)6-13/h2-5,14H,7-9H2,1H3. The van der Waals surface area contributed by atoms with Crippen LogP contribution in [0, 0.1) is 11.3 Å². The van der Waals surface area contributed by atoms with E-state index in [2.05, 4.69) is 18.3 Å². The second-order valence-corrected chi connectivity index (χ2v) is 4.15. The van der Waals surface area contributed by atoms with Crippen LogP contribution in [0.25, 0.3) is 0 Å². The third kappa shape index (κ3) is 2.35. The van der Waals surface area contributed by atoms with Gasteiger partial charge >= 0.3 is 0 Å². The minimum Gasteiger partial charge on any atom is -0.368 e. The van der Waals surface area contributed by atoms with Gasteiger partial charge < -0.3 is 10.1 Å². The van der Waals surface area contributed by atoms with E-state index in [1.165, 1.54) is 0 Å². The summed E-state index contributed by atoms with van der Waals surface area (Å²) in [6.45, 7) is 4.49. The average Bonchev–Trinajstić information content (AvgIpc) is 2.24. The van der Waals surface area contributed by atoms with E-state index < -0.39 is 0 Å². The maximum Gasteiger partial charge on any atom is 0.0991 e. The summed E-state index contributed by atoms with van der Waals surface area (Å²) in [7, 11) is 0. The van der Waals surface area contributed by atoms with E-state index in [9.17, 15) is 0 Å². The van der Waals surface area contributed by atoms with Gasteiger partial charge in [-0.15, -0.1) is 0 Å². The van der Waals surface area contributed by atoms with E-state index in [-0.39, 0.29) is 5.60 Å². The molecule has 1 heterocycles. The number of nitrogens with one attached hydrogen (secondary N) is 1. The Bertz CT molecular complexity index is 391. The smallest absolute Gasteiger partial charge is 0.0991 e. The first-order chi connectivity index (χ1) is 7.22. The first-order valence-electron chi connectivity index (χ1n) is 5.06. The zero-order valence-electron chi connectivity index (χ0n) is 8.79. The van der Waals surface area contributed by atoms with Crippen LogP contribution in [0.15, 0.2) is 24.3 Å². The summed E-state index contributed by atoms with van der Waals surface area (Å²) in [5.41, 5.74) is 1.72. The van der Waals surface area contributed by atoms with Gasteiger partial charge in [0.2, 0.25) is 0 Å². The highest BCUT2D eigenvalue weighted by atomic mass is 16.5. The molecule has 1 aromatic carbocycles. The first kappa shape index (κ1) is 10.2. The van der Waals surface area contributed by atoms with Gasteiger partial charge in [0, 0.05) is 13.1 Å². The minimum atomic E-state index is -0.0252. The first-order valence-corrected chi connectivity index (χ1v) is 5.06. The van der Waals surface area contributed by atoms with Gasteiger partial charge in [-0.05, 0) is 24.6 Å². The molecule has 15 heavy (non-hydrogen) atoms. The second kappa shape index (κ2) is 4.01. The summed E-state index contributed by atoms with van der Waals surface area (Å²) >= 11 is 0. The molecule has 0 aliphatic carbocycles. The molecule has 1 aromatic rings. The SMILES string of the molecule is CC1(OCc2cccc(C#N)c2)CNC1. The van der Waals surface area contributed by atoms with Gasteiger partial charge in [0.15, 0.2) is 0 Å².